The van der Waals surface area contributed by atoms with Crippen molar-refractivity contribution >= 4 is 11.8 Å². The normalized spacial score (nSPS) is 11.2. The predicted molar refractivity (Wildman–Crippen MR) is 113 cm³/mol. The molecule has 0 fully saturated rings. The maximum atomic E-state index is 13.0. The van der Waals surface area contributed by atoms with E-state index in [2.05, 4.69) is 4.74 Å². The number of pyridine rings is 1. The number of carbonyl (C=O) groups excluding carboxylic acids is 2. The van der Waals surface area contributed by atoms with E-state index in [1.54, 1.807) is 6.20 Å². The SMILES string of the molecule is COC(=O)/C(O)=C/C(=O)c1cc(Cc2ccccc2)cn(Cc2ccccc2)c1=O. The quantitative estimate of drug-likeness (QED) is 0.283. The fraction of sp³-hybridized carbons (Fsp3) is 0.125. The van der Waals surface area contributed by atoms with Crippen LogP contribution in [0.15, 0.2) is 89.6 Å². The molecular weight excluding hydrogens is 382 g/mol. The van der Waals surface area contributed by atoms with Crippen LogP contribution in [0.5, 0.6) is 0 Å². The lowest BCUT2D eigenvalue weighted by Gasteiger charge is -2.11. The number of hydrogen-bond donors (Lipinski definition) is 1. The Balaban J connectivity index is 2.04. The van der Waals surface area contributed by atoms with Crippen LogP contribution in [0.3, 0.4) is 0 Å². The molecule has 1 N–H and O–H groups in total. The molecule has 0 saturated carbocycles. The van der Waals surface area contributed by atoms with Crippen LogP contribution in [0.4, 0.5) is 0 Å². The smallest absolute Gasteiger partial charge is 0.373 e. The second-order valence-electron chi connectivity index (χ2n) is 6.73. The molecule has 0 aliphatic heterocycles. The zero-order valence-electron chi connectivity index (χ0n) is 16.4. The first-order valence-electron chi connectivity index (χ1n) is 9.32. The number of rotatable bonds is 7. The molecule has 0 amide bonds. The van der Waals surface area contributed by atoms with Crippen molar-refractivity contribution in [2.24, 2.45) is 0 Å². The minimum absolute atomic E-state index is 0.130. The Morgan fingerprint density at radius 1 is 0.967 bits per heavy atom. The Kier molecular flexibility index (Phi) is 6.60. The van der Waals surface area contributed by atoms with Gasteiger partial charge in [0.15, 0.2) is 5.78 Å². The van der Waals surface area contributed by atoms with E-state index in [-0.39, 0.29) is 12.1 Å². The van der Waals surface area contributed by atoms with Crippen molar-refractivity contribution < 1.29 is 19.4 Å². The van der Waals surface area contributed by atoms with Crippen molar-refractivity contribution in [3.8, 4) is 0 Å². The number of methoxy groups -OCH3 is 1. The maximum absolute atomic E-state index is 13.0. The molecule has 30 heavy (non-hydrogen) atoms. The van der Waals surface area contributed by atoms with Gasteiger partial charge in [0, 0.05) is 12.3 Å². The number of benzene rings is 2. The number of carbonyl (C=O) groups is 2. The predicted octanol–water partition coefficient (Wildman–Crippen LogP) is 3.29. The molecule has 0 saturated heterocycles. The number of ether oxygens (including phenoxy) is 1. The number of ketones is 1. The summed E-state index contributed by atoms with van der Waals surface area (Å²) in [6.45, 7) is 0.287. The van der Waals surface area contributed by atoms with Crippen molar-refractivity contribution in [3.05, 3.63) is 117 Å². The summed E-state index contributed by atoms with van der Waals surface area (Å²) in [5, 5.41) is 9.71. The second-order valence-corrected chi connectivity index (χ2v) is 6.73. The minimum Gasteiger partial charge on any atom is -0.502 e. The van der Waals surface area contributed by atoms with E-state index in [9.17, 15) is 19.5 Å². The van der Waals surface area contributed by atoms with E-state index < -0.39 is 23.1 Å². The zero-order chi connectivity index (χ0) is 21.5. The first-order chi connectivity index (χ1) is 14.5. The first-order valence-corrected chi connectivity index (χ1v) is 9.32. The summed E-state index contributed by atoms with van der Waals surface area (Å²) >= 11 is 0. The summed E-state index contributed by atoms with van der Waals surface area (Å²) in [6.07, 6.45) is 2.95. The molecule has 6 heteroatoms. The Bertz CT molecular complexity index is 1130. The summed E-state index contributed by atoms with van der Waals surface area (Å²) in [6, 6.07) is 20.6. The molecule has 3 rings (SSSR count). The average Bonchev–Trinajstić information content (AvgIpc) is 2.76. The van der Waals surface area contributed by atoms with Gasteiger partial charge in [-0.2, -0.15) is 0 Å². The van der Waals surface area contributed by atoms with E-state index in [4.69, 9.17) is 0 Å². The van der Waals surface area contributed by atoms with E-state index in [0.29, 0.717) is 12.5 Å². The van der Waals surface area contributed by atoms with Crippen molar-refractivity contribution in [1.82, 2.24) is 4.57 Å². The van der Waals surface area contributed by atoms with Gasteiger partial charge < -0.3 is 14.4 Å². The molecule has 2 aromatic carbocycles. The van der Waals surface area contributed by atoms with Crippen LogP contribution in [0.1, 0.15) is 27.0 Å². The third-order valence-corrected chi connectivity index (χ3v) is 4.52. The summed E-state index contributed by atoms with van der Waals surface area (Å²) in [5.74, 6) is -2.67. The highest BCUT2D eigenvalue weighted by Gasteiger charge is 2.17. The highest BCUT2D eigenvalue weighted by Crippen LogP contribution is 2.12. The molecule has 0 radical (unpaired) electrons. The molecule has 152 valence electrons. The van der Waals surface area contributed by atoms with Crippen LogP contribution in [-0.4, -0.2) is 28.5 Å². The Hall–Kier alpha value is -3.93. The third-order valence-electron chi connectivity index (χ3n) is 4.52. The van der Waals surface area contributed by atoms with Crippen molar-refractivity contribution in [2.75, 3.05) is 7.11 Å². The van der Waals surface area contributed by atoms with Crippen LogP contribution in [0.2, 0.25) is 0 Å². The Morgan fingerprint density at radius 2 is 1.57 bits per heavy atom. The maximum Gasteiger partial charge on any atom is 0.373 e. The van der Waals surface area contributed by atoms with E-state index in [1.165, 1.54) is 10.6 Å². The number of hydrogen-bond acceptors (Lipinski definition) is 5. The van der Waals surface area contributed by atoms with Gasteiger partial charge in [-0.3, -0.25) is 9.59 Å². The van der Waals surface area contributed by atoms with Gasteiger partial charge in [-0.1, -0.05) is 60.7 Å². The number of allylic oxidation sites excluding steroid dienone is 1. The van der Waals surface area contributed by atoms with Gasteiger partial charge in [-0.15, -0.1) is 0 Å². The summed E-state index contributed by atoms with van der Waals surface area (Å²) < 4.78 is 5.85. The summed E-state index contributed by atoms with van der Waals surface area (Å²) in [7, 11) is 1.09. The number of nitrogens with zero attached hydrogens (tertiary/aromatic N) is 1. The van der Waals surface area contributed by atoms with E-state index >= 15 is 0 Å². The third kappa shape index (κ3) is 5.11. The second kappa shape index (κ2) is 9.52. The van der Waals surface area contributed by atoms with Gasteiger partial charge in [0.25, 0.3) is 5.56 Å². The van der Waals surface area contributed by atoms with Gasteiger partial charge >= 0.3 is 5.97 Å². The van der Waals surface area contributed by atoms with Crippen molar-refractivity contribution in [2.45, 2.75) is 13.0 Å². The van der Waals surface area contributed by atoms with E-state index in [1.807, 2.05) is 60.7 Å². The van der Waals surface area contributed by atoms with E-state index in [0.717, 1.165) is 23.8 Å². The molecule has 0 spiro atoms. The van der Waals surface area contributed by atoms with Crippen LogP contribution < -0.4 is 5.56 Å². The van der Waals surface area contributed by atoms with Crippen molar-refractivity contribution in [1.29, 1.82) is 0 Å². The number of aromatic nitrogens is 1. The van der Waals surface area contributed by atoms with Gasteiger partial charge in [-0.05, 0) is 29.2 Å². The lowest BCUT2D eigenvalue weighted by molar-refractivity contribution is -0.139. The van der Waals surface area contributed by atoms with Gasteiger partial charge in [0.05, 0.1) is 19.2 Å². The Labute approximate surface area is 173 Å². The lowest BCUT2D eigenvalue weighted by Crippen LogP contribution is -2.27. The largest absolute Gasteiger partial charge is 0.502 e. The fourth-order valence-electron chi connectivity index (χ4n) is 3.07. The van der Waals surface area contributed by atoms with Gasteiger partial charge in [0.1, 0.15) is 0 Å². The van der Waals surface area contributed by atoms with Gasteiger partial charge in [-0.25, -0.2) is 4.79 Å². The molecule has 0 aliphatic rings. The number of aliphatic hydroxyl groups excluding tert-OH is 1. The molecule has 0 aliphatic carbocycles. The molecule has 0 unspecified atom stereocenters. The first kappa shape index (κ1) is 20.8. The Morgan fingerprint density at radius 3 is 2.17 bits per heavy atom. The molecule has 0 bridgehead atoms. The average molecular weight is 403 g/mol. The summed E-state index contributed by atoms with van der Waals surface area (Å²) in [4.78, 5) is 37.0. The highest BCUT2D eigenvalue weighted by atomic mass is 16.5. The molecule has 0 atom stereocenters. The molecule has 1 aromatic heterocycles. The molecule has 3 aromatic rings. The van der Waals surface area contributed by atoms with Crippen LogP contribution in [0.25, 0.3) is 0 Å². The minimum atomic E-state index is -1.05. The van der Waals surface area contributed by atoms with Gasteiger partial charge in [0.2, 0.25) is 5.76 Å². The monoisotopic (exact) mass is 403 g/mol. The molecule has 1 heterocycles. The van der Waals surface area contributed by atoms with Crippen LogP contribution in [-0.2, 0) is 22.5 Å². The number of esters is 1. The van der Waals surface area contributed by atoms with Crippen LogP contribution in [0, 0.1) is 0 Å². The molecule has 6 nitrogen and oxygen atoms in total. The standard InChI is InChI=1S/C24H21NO5/c1-30-24(29)22(27)14-21(26)20-13-19(12-17-8-4-2-5-9-17)16-25(23(20)28)15-18-10-6-3-7-11-18/h2-11,13-14,16,27H,12,15H2,1H3/b22-14-. The topological polar surface area (TPSA) is 85.6 Å². The fourth-order valence-corrected chi connectivity index (χ4v) is 3.07. The number of aliphatic hydroxyl groups is 1. The highest BCUT2D eigenvalue weighted by molar-refractivity contribution is 6.07. The van der Waals surface area contributed by atoms with Crippen LogP contribution >= 0.6 is 0 Å². The van der Waals surface area contributed by atoms with Crippen molar-refractivity contribution in [3.63, 3.8) is 0 Å². The molecular formula is C24H21NO5. The lowest BCUT2D eigenvalue weighted by atomic mass is 10.0. The summed E-state index contributed by atoms with van der Waals surface area (Å²) in [5.41, 5.74) is 2.05. The zero-order valence-corrected chi connectivity index (χ0v) is 16.4.